The fraction of sp³-hybridized carbons (Fsp3) is 0.588. The number of guanidine groups is 4. The van der Waals surface area contributed by atoms with Gasteiger partial charge in [-0.2, -0.15) is 0 Å². The van der Waals surface area contributed by atoms with Crippen molar-refractivity contribution in [2.45, 2.75) is 75.5 Å². The van der Waals surface area contributed by atoms with Gasteiger partial charge < -0.3 is 101 Å². The Kier molecular flexibility index (Phi) is 25.3. The van der Waals surface area contributed by atoms with E-state index in [4.69, 9.17) is 68.8 Å². The molecule has 1 aromatic rings. The van der Waals surface area contributed by atoms with E-state index in [0.29, 0.717) is 38.8 Å². The van der Waals surface area contributed by atoms with E-state index in [1.54, 1.807) is 0 Å². The molecule has 4 atom stereocenters. The predicted octanol–water partition coefficient (Wildman–Crippen LogP) is -8.83. The largest absolute Gasteiger partial charge is 0.382 e. The molecule has 30 N–H and O–H groups in total. The Balaban J connectivity index is 3.01. The van der Waals surface area contributed by atoms with Crippen LogP contribution in [0.3, 0.4) is 0 Å². The van der Waals surface area contributed by atoms with Crippen LogP contribution >= 0.6 is 0 Å². The highest BCUT2D eigenvalue weighted by Gasteiger charge is 2.28. The van der Waals surface area contributed by atoms with E-state index in [-0.39, 0.29) is 88.8 Å². The number of carbonyl (C=O) groups excluding carboxylic acids is 6. The van der Waals surface area contributed by atoms with Crippen molar-refractivity contribution in [1.29, 1.82) is 0 Å². The first-order valence-electron chi connectivity index (χ1n) is 20.1. The molecule has 1 aromatic heterocycles. The van der Waals surface area contributed by atoms with Gasteiger partial charge in [0.05, 0.1) is 12.1 Å². The lowest BCUT2D eigenvalue weighted by atomic mass is 10.1. The van der Waals surface area contributed by atoms with Gasteiger partial charge in [-0.15, -0.1) is 0 Å². The Bertz CT molecular complexity index is 1690. The second-order valence-electron chi connectivity index (χ2n) is 13.9. The Labute approximate surface area is 369 Å². The van der Waals surface area contributed by atoms with E-state index in [0.717, 1.165) is 0 Å². The number of nitrogen functional groups attached to an aromatic ring is 2. The van der Waals surface area contributed by atoms with E-state index in [9.17, 15) is 28.8 Å². The Morgan fingerprint density at radius 1 is 0.438 bits per heavy atom. The zero-order valence-electron chi connectivity index (χ0n) is 35.7. The number of amides is 6. The topological polar surface area (TPSA) is 562 Å². The maximum Gasteiger partial charge on any atom is 0.274 e. The van der Waals surface area contributed by atoms with Crippen LogP contribution in [0.15, 0.2) is 20.0 Å². The third-order valence-corrected chi connectivity index (χ3v) is 8.57. The van der Waals surface area contributed by atoms with Crippen LogP contribution in [0.25, 0.3) is 0 Å². The molecule has 1 heterocycles. The maximum atomic E-state index is 13.4. The zero-order chi connectivity index (χ0) is 48.2. The summed E-state index contributed by atoms with van der Waals surface area (Å²) in [5, 5.41) is 15.5. The Hall–Kier alpha value is -7.50. The summed E-state index contributed by atoms with van der Waals surface area (Å²) in [4.78, 5) is 101. The maximum absolute atomic E-state index is 13.4. The molecule has 30 heteroatoms. The van der Waals surface area contributed by atoms with Crippen molar-refractivity contribution in [1.82, 2.24) is 41.9 Å². The molecule has 1 rings (SSSR count). The minimum atomic E-state index is -1.19. The zero-order valence-corrected chi connectivity index (χ0v) is 35.7. The highest BCUT2D eigenvalue weighted by atomic mass is 16.2. The van der Waals surface area contributed by atoms with Gasteiger partial charge in [-0.25, -0.2) is 9.97 Å². The summed E-state index contributed by atoms with van der Waals surface area (Å²) in [5.41, 5.74) is 65.6. The monoisotopic (exact) mass is 907 g/mol. The number of anilines is 2. The third kappa shape index (κ3) is 22.9. The normalized spacial score (nSPS) is 12.4. The molecule has 30 nitrogen and oxygen atoms in total. The second kappa shape index (κ2) is 29.7. The van der Waals surface area contributed by atoms with Gasteiger partial charge in [-0.3, -0.25) is 48.7 Å². The van der Waals surface area contributed by atoms with Gasteiger partial charge in [-0.05, 0) is 51.4 Å². The van der Waals surface area contributed by atoms with Crippen LogP contribution in [0.2, 0.25) is 0 Å². The average Bonchev–Trinajstić information content (AvgIpc) is 3.22. The highest BCUT2D eigenvalue weighted by Crippen LogP contribution is 2.15. The van der Waals surface area contributed by atoms with E-state index in [1.807, 2.05) is 0 Å². The standard InChI is InChI=1S/C34H66N24O6/c35-17(5-1-9-51-31(39)40)25(59)47-13-15-49-27(61)19(7-3-11-53-33(43)44)55-29(63)21-23(37)58-22(24(38)57-21)30(64)56-20(8-4-12-54-34(45)46)28(62)50-16-14-48-26(60)18(36)6-2-10-52-32(41)42/h17-20H,1-16,35-36H2,(H2,38,57)(H2,37,58)(H,47,59)(H,48,60)(H,49,61)(H,50,62)(H,55,63)(H,56,64)(H4,39,40,51)(H4,41,42,52)(H4,43,44,53)(H4,45,46,54)/t17-,18-,19-,20-/m0/s1. The van der Waals surface area contributed by atoms with Crippen LogP contribution in [-0.2, 0) is 19.2 Å². The summed E-state index contributed by atoms with van der Waals surface area (Å²) in [6.07, 6.45) is 2.14. The lowest BCUT2D eigenvalue weighted by Crippen LogP contribution is -2.50. The van der Waals surface area contributed by atoms with Gasteiger partial charge in [0.15, 0.2) is 46.9 Å². The fourth-order valence-electron chi connectivity index (χ4n) is 5.35. The van der Waals surface area contributed by atoms with Gasteiger partial charge in [0.25, 0.3) is 11.8 Å². The molecule has 0 saturated heterocycles. The molecule has 64 heavy (non-hydrogen) atoms. The molecular weight excluding hydrogens is 841 g/mol. The van der Waals surface area contributed by atoms with Crippen LogP contribution in [0, 0.1) is 0 Å². The van der Waals surface area contributed by atoms with Crippen molar-refractivity contribution < 1.29 is 28.8 Å². The van der Waals surface area contributed by atoms with E-state index < -0.39 is 82.6 Å². The van der Waals surface area contributed by atoms with Crippen molar-refractivity contribution in [2.24, 2.45) is 77.3 Å². The number of nitrogens with zero attached hydrogens (tertiary/aromatic N) is 6. The molecule has 0 aliphatic rings. The second-order valence-corrected chi connectivity index (χ2v) is 13.9. The van der Waals surface area contributed by atoms with E-state index in [2.05, 4.69) is 61.8 Å². The van der Waals surface area contributed by atoms with Crippen molar-refractivity contribution >= 4 is 70.9 Å². The minimum Gasteiger partial charge on any atom is -0.382 e. The summed E-state index contributed by atoms with van der Waals surface area (Å²) in [7, 11) is 0. The number of aliphatic imine (C=N–C) groups is 4. The Morgan fingerprint density at radius 2 is 0.703 bits per heavy atom. The smallest absolute Gasteiger partial charge is 0.274 e. The number of hydrogen-bond acceptors (Lipinski definition) is 16. The molecule has 0 unspecified atom stereocenters. The van der Waals surface area contributed by atoms with Crippen molar-refractivity contribution in [3.05, 3.63) is 11.4 Å². The number of rotatable bonds is 30. The SMILES string of the molecule is NC(N)=NCCC[C@H](NC(=O)c1nc(N)c(C(=O)N[C@@H](CCCN=C(N)N)C(=O)NCCNC(=O)[C@@H](N)CCCN=C(N)N)nc1N)C(=O)NCCNC(=O)[C@@H](N)CCCN=C(N)N. The molecule has 0 fully saturated rings. The van der Waals surface area contributed by atoms with Crippen LogP contribution in [0.4, 0.5) is 11.6 Å². The molecule has 0 aliphatic heterocycles. The minimum absolute atomic E-state index is 0.00984. The van der Waals surface area contributed by atoms with E-state index >= 15 is 0 Å². The third-order valence-electron chi connectivity index (χ3n) is 8.57. The van der Waals surface area contributed by atoms with Gasteiger partial charge in [0.2, 0.25) is 23.6 Å². The molecule has 0 spiro atoms. The molecule has 0 saturated carbocycles. The average molecular weight is 907 g/mol. The quantitative estimate of drug-likeness (QED) is 0.0194. The van der Waals surface area contributed by atoms with Crippen LogP contribution < -0.4 is 101 Å². The molecule has 6 amide bonds. The summed E-state index contributed by atoms with van der Waals surface area (Å²) in [6, 6.07) is -4.05. The summed E-state index contributed by atoms with van der Waals surface area (Å²) in [6.45, 7) is 0.807. The van der Waals surface area contributed by atoms with E-state index in [1.165, 1.54) is 0 Å². The Morgan fingerprint density at radius 3 is 0.984 bits per heavy atom. The lowest BCUT2D eigenvalue weighted by Gasteiger charge is -2.20. The molecule has 358 valence electrons. The number of hydrogen-bond donors (Lipinski definition) is 18. The number of aromatic nitrogens is 2. The lowest BCUT2D eigenvalue weighted by molar-refractivity contribution is -0.124. The molecule has 0 aromatic carbocycles. The molecule has 0 bridgehead atoms. The van der Waals surface area contributed by atoms with Crippen molar-refractivity contribution in [3.63, 3.8) is 0 Å². The number of carbonyl (C=O) groups is 6. The molecular formula is C34H66N24O6. The van der Waals surface area contributed by atoms with Gasteiger partial charge in [0, 0.05) is 52.4 Å². The fourth-order valence-corrected chi connectivity index (χ4v) is 5.35. The number of nitrogens with two attached hydrogens (primary N) is 12. The predicted molar refractivity (Wildman–Crippen MR) is 241 cm³/mol. The van der Waals surface area contributed by atoms with Gasteiger partial charge in [-0.1, -0.05) is 0 Å². The summed E-state index contributed by atoms with van der Waals surface area (Å²) in [5.74, 6) is -5.71. The van der Waals surface area contributed by atoms with Gasteiger partial charge >= 0.3 is 0 Å². The summed E-state index contributed by atoms with van der Waals surface area (Å²) < 4.78 is 0. The number of nitrogens with one attached hydrogen (secondary N) is 6. The molecule has 0 aliphatic carbocycles. The van der Waals surface area contributed by atoms with Crippen LogP contribution in [0.1, 0.15) is 72.3 Å². The highest BCUT2D eigenvalue weighted by molar-refractivity contribution is 6.03. The first-order chi connectivity index (χ1) is 30.2. The van der Waals surface area contributed by atoms with Crippen molar-refractivity contribution in [3.8, 4) is 0 Å². The summed E-state index contributed by atoms with van der Waals surface area (Å²) >= 11 is 0. The van der Waals surface area contributed by atoms with Crippen LogP contribution in [-0.4, -0.2) is 146 Å². The first kappa shape index (κ1) is 54.5. The first-order valence-corrected chi connectivity index (χ1v) is 20.1. The van der Waals surface area contributed by atoms with Crippen LogP contribution in [0.5, 0.6) is 0 Å². The van der Waals surface area contributed by atoms with Crippen molar-refractivity contribution in [2.75, 3.05) is 63.8 Å². The van der Waals surface area contributed by atoms with Gasteiger partial charge in [0.1, 0.15) is 12.1 Å². The molecule has 0 radical (unpaired) electrons.